The lowest BCUT2D eigenvalue weighted by Gasteiger charge is -2.10. The van der Waals surface area contributed by atoms with Crippen molar-refractivity contribution < 1.29 is 32.2 Å². The van der Waals surface area contributed by atoms with Gasteiger partial charge in [-0.2, -0.15) is 13.2 Å². The molecule has 0 bridgehead atoms. The Labute approximate surface area is 243 Å². The minimum Gasteiger partial charge on any atom is -0.460 e. The van der Waals surface area contributed by atoms with Crippen LogP contribution in [-0.2, 0) is 27.4 Å². The third-order valence-corrected chi connectivity index (χ3v) is 8.32. The van der Waals surface area contributed by atoms with Crippen molar-refractivity contribution in [2.45, 2.75) is 41.5 Å². The molecule has 0 aliphatic rings. The predicted molar refractivity (Wildman–Crippen MR) is 154 cm³/mol. The van der Waals surface area contributed by atoms with Gasteiger partial charge in [0.25, 0.3) is 0 Å². The highest BCUT2D eigenvalue weighted by Gasteiger charge is 2.30. The van der Waals surface area contributed by atoms with Crippen LogP contribution in [0.1, 0.15) is 29.4 Å². The first kappa shape index (κ1) is 28.6. The predicted octanol–water partition coefficient (Wildman–Crippen LogP) is 9.26. The summed E-state index contributed by atoms with van der Waals surface area (Å²) in [5, 5.41) is 1.88. The largest absolute Gasteiger partial charge is 0.460 e. The molecule has 0 saturated heterocycles. The molecule has 0 unspecified atom stereocenters. The van der Waals surface area contributed by atoms with Crippen LogP contribution in [0.2, 0.25) is 0 Å². The van der Waals surface area contributed by atoms with Crippen molar-refractivity contribution in [3.63, 3.8) is 0 Å². The highest BCUT2D eigenvalue weighted by molar-refractivity contribution is 7.98. The molecular formula is C31H24F3NO4S2. The highest BCUT2D eigenvalue weighted by atomic mass is 32.2. The van der Waals surface area contributed by atoms with Gasteiger partial charge in [0.2, 0.25) is 0 Å². The van der Waals surface area contributed by atoms with E-state index in [1.54, 1.807) is 23.9 Å². The Balaban J connectivity index is 1.40. The quantitative estimate of drug-likeness (QED) is 0.0956. The third-order valence-electron chi connectivity index (χ3n) is 6.18. The van der Waals surface area contributed by atoms with E-state index < -0.39 is 17.7 Å². The van der Waals surface area contributed by atoms with Gasteiger partial charge in [0.15, 0.2) is 5.75 Å². The molecule has 5 aromatic rings. The maximum absolute atomic E-state index is 13.1. The number of hydrogen-bond donors (Lipinski definition) is 0. The zero-order valence-electron chi connectivity index (χ0n) is 22.0. The number of fused-ring (bicyclic) bond motifs is 1. The maximum atomic E-state index is 13.1. The molecule has 2 heterocycles. The van der Waals surface area contributed by atoms with Crippen LogP contribution >= 0.6 is 23.5 Å². The van der Waals surface area contributed by atoms with Gasteiger partial charge in [-0.25, -0.2) is 9.78 Å². The van der Waals surface area contributed by atoms with Gasteiger partial charge in [0, 0.05) is 39.6 Å². The summed E-state index contributed by atoms with van der Waals surface area (Å²) in [7, 11) is 0. The fraction of sp³-hybridized carbons (Fsp3) is 0.161. The number of benzene rings is 3. The smallest absolute Gasteiger partial charge is 0.416 e. The van der Waals surface area contributed by atoms with Crippen molar-refractivity contribution >= 4 is 40.4 Å². The van der Waals surface area contributed by atoms with E-state index in [1.807, 2.05) is 55.5 Å². The van der Waals surface area contributed by atoms with E-state index >= 15 is 0 Å². The number of halogens is 3. The Morgan fingerprint density at radius 2 is 1.71 bits per heavy atom. The van der Waals surface area contributed by atoms with E-state index in [0.29, 0.717) is 34.3 Å². The van der Waals surface area contributed by atoms with E-state index in [2.05, 4.69) is 4.89 Å². The first-order valence-corrected chi connectivity index (χ1v) is 14.5. The van der Waals surface area contributed by atoms with Gasteiger partial charge in [-0.15, -0.1) is 11.8 Å². The van der Waals surface area contributed by atoms with Crippen LogP contribution in [0.25, 0.3) is 22.2 Å². The molecule has 0 spiro atoms. The first-order valence-electron chi connectivity index (χ1n) is 12.5. The molecule has 41 heavy (non-hydrogen) atoms. The second kappa shape index (κ2) is 12.3. The van der Waals surface area contributed by atoms with Gasteiger partial charge >= 0.3 is 12.1 Å². The number of alkyl halides is 3. The number of para-hydroxylation sites is 1. The number of pyridine rings is 1. The lowest BCUT2D eigenvalue weighted by Crippen LogP contribution is -2.04. The van der Waals surface area contributed by atoms with Crippen molar-refractivity contribution in [3.8, 4) is 17.1 Å². The molecule has 0 aliphatic carbocycles. The Morgan fingerprint density at radius 1 is 0.927 bits per heavy atom. The molecule has 10 heteroatoms. The molecule has 210 valence electrons. The first-order chi connectivity index (χ1) is 19.7. The van der Waals surface area contributed by atoms with E-state index in [1.165, 1.54) is 30.8 Å². The van der Waals surface area contributed by atoms with Crippen LogP contribution in [0.15, 0.2) is 99.3 Å². The summed E-state index contributed by atoms with van der Waals surface area (Å²) in [5.41, 5.74) is 2.44. The molecule has 3 aromatic carbocycles. The molecule has 0 saturated carbocycles. The summed E-state index contributed by atoms with van der Waals surface area (Å²) in [5.74, 6) is 2.08. The summed E-state index contributed by atoms with van der Waals surface area (Å²) in [6.45, 7) is 3.13. The number of carbonyl (C=O) groups excluding carboxylic acids is 1. The molecule has 2 aromatic heterocycles. The summed E-state index contributed by atoms with van der Waals surface area (Å²) in [6, 6.07) is 24.1. The second-order valence-corrected chi connectivity index (χ2v) is 11.1. The van der Waals surface area contributed by atoms with Crippen LogP contribution in [0.3, 0.4) is 0 Å². The van der Waals surface area contributed by atoms with E-state index in [9.17, 15) is 18.0 Å². The highest BCUT2D eigenvalue weighted by Crippen LogP contribution is 2.37. The van der Waals surface area contributed by atoms with Gasteiger partial charge in [-0.05, 0) is 49.4 Å². The van der Waals surface area contributed by atoms with Gasteiger partial charge < -0.3 is 4.42 Å². The number of nitrogens with zero attached hydrogens (tertiary/aromatic N) is 1. The average Bonchev–Trinajstić information content (AvgIpc) is 3.37. The second-order valence-electron chi connectivity index (χ2n) is 9.09. The lowest BCUT2D eigenvalue weighted by atomic mass is 10.1. The molecule has 5 nitrogen and oxygen atoms in total. The van der Waals surface area contributed by atoms with Crippen molar-refractivity contribution in [2.24, 2.45) is 0 Å². The summed E-state index contributed by atoms with van der Waals surface area (Å²) >= 11 is 3.07. The molecular weight excluding hydrogens is 571 g/mol. The molecule has 5 rings (SSSR count). The van der Waals surface area contributed by atoms with Crippen molar-refractivity contribution in [1.29, 1.82) is 0 Å². The van der Waals surface area contributed by atoms with Crippen molar-refractivity contribution in [3.05, 3.63) is 107 Å². The van der Waals surface area contributed by atoms with Crippen LogP contribution < -0.4 is 4.89 Å². The normalized spacial score (nSPS) is 11.5. The Hall–Kier alpha value is -3.89. The zero-order chi connectivity index (χ0) is 29.0. The Kier molecular flexibility index (Phi) is 8.60. The van der Waals surface area contributed by atoms with Gasteiger partial charge in [-0.3, -0.25) is 9.78 Å². The van der Waals surface area contributed by atoms with E-state index in [4.69, 9.17) is 14.3 Å². The van der Waals surface area contributed by atoms with Crippen LogP contribution in [0, 0.1) is 6.92 Å². The standard InChI is InChI=1S/C31H24F3NO4S2/c1-19-26(39-38-20(2)36)8-5-9-29(19)40-17-23-16-27(22-10-13-24(14-11-22)31(32,33)34)37-28(23)18-41-30-15-12-21-6-3-4-7-25(21)35-30/h3-16H,17-18H2,1-2H3. The van der Waals surface area contributed by atoms with Gasteiger partial charge in [-0.1, -0.05) is 54.2 Å². The molecule has 0 radical (unpaired) electrons. The number of hydrogen-bond acceptors (Lipinski definition) is 7. The summed E-state index contributed by atoms with van der Waals surface area (Å²) in [6.07, 6.45) is -4.41. The molecule has 0 aliphatic heterocycles. The maximum Gasteiger partial charge on any atom is 0.416 e. The fourth-order valence-electron chi connectivity index (χ4n) is 4.04. The van der Waals surface area contributed by atoms with E-state index in [-0.39, 0.29) is 0 Å². The minimum absolute atomic E-state index is 0.431. The Bertz CT molecular complexity index is 1680. The number of aromatic nitrogens is 1. The number of carbonyl (C=O) groups is 1. The minimum atomic E-state index is -4.41. The molecule has 0 fully saturated rings. The number of thioether (sulfide) groups is 2. The van der Waals surface area contributed by atoms with Gasteiger partial charge in [0.1, 0.15) is 11.5 Å². The Morgan fingerprint density at radius 3 is 2.46 bits per heavy atom. The lowest BCUT2D eigenvalue weighted by molar-refractivity contribution is -0.211. The molecule has 0 atom stereocenters. The average molecular weight is 596 g/mol. The number of rotatable bonds is 9. The van der Waals surface area contributed by atoms with Crippen molar-refractivity contribution in [2.75, 3.05) is 0 Å². The van der Waals surface area contributed by atoms with Crippen molar-refractivity contribution in [1.82, 2.24) is 4.98 Å². The zero-order valence-corrected chi connectivity index (χ0v) is 23.7. The molecule has 0 amide bonds. The third kappa shape index (κ3) is 7.07. The molecule has 0 N–H and O–H groups in total. The summed E-state index contributed by atoms with van der Waals surface area (Å²) in [4.78, 5) is 26.6. The van der Waals surface area contributed by atoms with Crippen LogP contribution in [0.4, 0.5) is 13.2 Å². The topological polar surface area (TPSA) is 61.6 Å². The summed E-state index contributed by atoms with van der Waals surface area (Å²) < 4.78 is 45.5. The van der Waals surface area contributed by atoms with Crippen LogP contribution in [0.5, 0.6) is 5.75 Å². The number of furan rings is 1. The fourth-order valence-corrected chi connectivity index (χ4v) is 5.94. The monoisotopic (exact) mass is 595 g/mol. The van der Waals surface area contributed by atoms with E-state index in [0.717, 1.165) is 44.1 Å². The van der Waals surface area contributed by atoms with Gasteiger partial charge in [0.05, 0.1) is 21.9 Å². The van der Waals surface area contributed by atoms with Crippen LogP contribution in [-0.4, -0.2) is 11.0 Å². The SMILES string of the molecule is CC(=O)OOc1cccc(SCc2cc(-c3ccc(C(F)(F)F)cc3)oc2CSc2ccc3ccccc3n2)c1C.